The van der Waals surface area contributed by atoms with Crippen molar-refractivity contribution in [3.63, 3.8) is 0 Å². The van der Waals surface area contributed by atoms with Crippen molar-refractivity contribution >= 4 is 34.2 Å². The minimum absolute atomic E-state index is 0.179. The number of rotatable bonds is 2. The van der Waals surface area contributed by atoms with E-state index in [2.05, 4.69) is 21.9 Å². The molecule has 0 unspecified atom stereocenters. The molecule has 4 rings (SSSR count). The van der Waals surface area contributed by atoms with E-state index in [4.69, 9.17) is 16.6 Å². The summed E-state index contributed by atoms with van der Waals surface area (Å²) < 4.78 is 0. The summed E-state index contributed by atoms with van der Waals surface area (Å²) in [5.74, 6) is 1.51. The number of fused-ring (bicyclic) bond motifs is 1. The van der Waals surface area contributed by atoms with Crippen molar-refractivity contribution in [3.8, 4) is 0 Å². The molecule has 1 aromatic carbocycles. The number of para-hydroxylation sites is 1. The predicted octanol–water partition coefficient (Wildman–Crippen LogP) is 4.12. The van der Waals surface area contributed by atoms with Crippen LogP contribution in [0.3, 0.4) is 0 Å². The van der Waals surface area contributed by atoms with Crippen molar-refractivity contribution in [3.05, 3.63) is 35.4 Å². The highest BCUT2D eigenvalue weighted by Gasteiger charge is 2.29. The van der Waals surface area contributed by atoms with Gasteiger partial charge in [0.05, 0.1) is 10.5 Å². The van der Waals surface area contributed by atoms with Gasteiger partial charge < -0.3 is 9.80 Å². The molecule has 2 saturated heterocycles. The number of amides is 1. The first kappa shape index (κ1) is 16.6. The zero-order chi connectivity index (χ0) is 17.2. The standard InChI is InChI=1S/C20H24ClN3O/c21-17-6-4-5-15-7-8-18(22-19(15)17)23-13-9-16(10-14-23)20(25)24-11-2-1-3-12-24/h4-8,16H,1-3,9-14H2. The predicted molar refractivity (Wildman–Crippen MR) is 102 cm³/mol. The molecule has 3 heterocycles. The largest absolute Gasteiger partial charge is 0.357 e. The summed E-state index contributed by atoms with van der Waals surface area (Å²) in [4.78, 5) is 21.8. The van der Waals surface area contributed by atoms with E-state index in [-0.39, 0.29) is 5.92 Å². The summed E-state index contributed by atoms with van der Waals surface area (Å²) in [7, 11) is 0. The van der Waals surface area contributed by atoms with E-state index in [9.17, 15) is 4.79 Å². The molecule has 0 bridgehead atoms. The second-order valence-electron chi connectivity index (χ2n) is 7.13. The van der Waals surface area contributed by atoms with Crippen molar-refractivity contribution < 1.29 is 4.79 Å². The van der Waals surface area contributed by atoms with E-state index in [1.54, 1.807) is 0 Å². The smallest absolute Gasteiger partial charge is 0.225 e. The van der Waals surface area contributed by atoms with E-state index < -0.39 is 0 Å². The normalized spacial score (nSPS) is 19.4. The molecule has 2 aliphatic rings. The molecular formula is C20H24ClN3O. The number of halogens is 1. The maximum atomic E-state index is 12.7. The molecule has 0 N–H and O–H groups in total. The summed E-state index contributed by atoms with van der Waals surface area (Å²) in [5.41, 5.74) is 0.855. The highest BCUT2D eigenvalue weighted by molar-refractivity contribution is 6.35. The molecule has 1 amide bonds. The summed E-state index contributed by atoms with van der Waals surface area (Å²) in [6.45, 7) is 3.66. The van der Waals surface area contributed by atoms with E-state index in [1.807, 2.05) is 18.2 Å². The molecule has 2 aromatic rings. The topological polar surface area (TPSA) is 36.4 Å². The van der Waals surface area contributed by atoms with Crippen molar-refractivity contribution in [2.45, 2.75) is 32.1 Å². The Balaban J connectivity index is 1.43. The second kappa shape index (κ2) is 7.20. The van der Waals surface area contributed by atoms with E-state index in [0.29, 0.717) is 10.9 Å². The third-order valence-corrected chi connectivity index (χ3v) is 5.80. The fourth-order valence-electron chi connectivity index (χ4n) is 4.00. The lowest BCUT2D eigenvalue weighted by molar-refractivity contribution is -0.137. The van der Waals surface area contributed by atoms with Crippen molar-refractivity contribution in [2.75, 3.05) is 31.1 Å². The van der Waals surface area contributed by atoms with Gasteiger partial charge in [-0.25, -0.2) is 4.98 Å². The Morgan fingerprint density at radius 2 is 1.76 bits per heavy atom. The Morgan fingerprint density at radius 1 is 1.00 bits per heavy atom. The molecule has 132 valence electrons. The van der Waals surface area contributed by atoms with Crippen molar-refractivity contribution in [1.29, 1.82) is 0 Å². The fourth-order valence-corrected chi connectivity index (χ4v) is 4.23. The highest BCUT2D eigenvalue weighted by Crippen LogP contribution is 2.28. The number of carbonyl (C=O) groups is 1. The van der Waals surface area contributed by atoms with Gasteiger partial charge in [0.15, 0.2) is 0 Å². The van der Waals surface area contributed by atoms with Crippen LogP contribution in [-0.4, -0.2) is 42.0 Å². The Hall–Kier alpha value is -1.81. The molecule has 5 heteroatoms. The third-order valence-electron chi connectivity index (χ3n) is 5.49. The third kappa shape index (κ3) is 3.45. The number of benzene rings is 1. The minimum atomic E-state index is 0.179. The summed E-state index contributed by atoms with van der Waals surface area (Å²) in [6.07, 6.45) is 5.41. The Bertz CT molecular complexity index is 765. The molecule has 2 fully saturated rings. The van der Waals surface area contributed by atoms with Crippen molar-refractivity contribution in [1.82, 2.24) is 9.88 Å². The number of pyridine rings is 1. The molecule has 1 aromatic heterocycles. The van der Waals surface area contributed by atoms with Gasteiger partial charge in [-0.15, -0.1) is 0 Å². The number of hydrogen-bond donors (Lipinski definition) is 0. The zero-order valence-electron chi connectivity index (χ0n) is 14.5. The monoisotopic (exact) mass is 357 g/mol. The van der Waals surface area contributed by atoms with Crippen LogP contribution in [0.4, 0.5) is 5.82 Å². The number of piperidine rings is 2. The first-order valence-corrected chi connectivity index (χ1v) is 9.69. The van der Waals surface area contributed by atoms with Crippen LogP contribution in [0.15, 0.2) is 30.3 Å². The highest BCUT2D eigenvalue weighted by atomic mass is 35.5. The van der Waals surface area contributed by atoms with Gasteiger partial charge in [-0.2, -0.15) is 0 Å². The molecule has 0 radical (unpaired) electrons. The van der Waals surface area contributed by atoms with Gasteiger partial charge in [0.2, 0.25) is 5.91 Å². The number of carbonyl (C=O) groups excluding carboxylic acids is 1. The summed E-state index contributed by atoms with van der Waals surface area (Å²) in [5, 5.41) is 1.75. The average molecular weight is 358 g/mol. The summed E-state index contributed by atoms with van der Waals surface area (Å²) in [6, 6.07) is 10.00. The molecule has 0 atom stereocenters. The van der Waals surface area contributed by atoms with Gasteiger partial charge in [-0.3, -0.25) is 4.79 Å². The van der Waals surface area contributed by atoms with E-state index in [1.165, 1.54) is 6.42 Å². The number of hydrogen-bond acceptors (Lipinski definition) is 3. The van der Waals surface area contributed by atoms with Gasteiger partial charge in [0, 0.05) is 37.5 Å². The molecular weight excluding hydrogens is 334 g/mol. The van der Waals surface area contributed by atoms with Crippen LogP contribution in [0.25, 0.3) is 10.9 Å². The lowest BCUT2D eigenvalue weighted by Gasteiger charge is -2.36. The average Bonchev–Trinajstić information content (AvgIpc) is 2.68. The summed E-state index contributed by atoms with van der Waals surface area (Å²) >= 11 is 6.29. The molecule has 4 nitrogen and oxygen atoms in total. The number of anilines is 1. The van der Waals surface area contributed by atoms with Crippen LogP contribution >= 0.6 is 11.6 Å². The van der Waals surface area contributed by atoms with Crippen LogP contribution in [0, 0.1) is 5.92 Å². The molecule has 2 aliphatic heterocycles. The molecule has 0 saturated carbocycles. The Morgan fingerprint density at radius 3 is 2.52 bits per heavy atom. The van der Waals surface area contributed by atoms with Crippen molar-refractivity contribution in [2.24, 2.45) is 5.92 Å². The maximum Gasteiger partial charge on any atom is 0.225 e. The maximum absolute atomic E-state index is 12.7. The van der Waals surface area contributed by atoms with Crippen LogP contribution in [0.1, 0.15) is 32.1 Å². The van der Waals surface area contributed by atoms with Crippen LogP contribution in [-0.2, 0) is 4.79 Å². The number of likely N-dealkylation sites (tertiary alicyclic amines) is 1. The molecule has 0 aliphatic carbocycles. The molecule has 0 spiro atoms. The van der Waals surface area contributed by atoms with E-state index >= 15 is 0 Å². The van der Waals surface area contributed by atoms with Gasteiger partial charge in [0.1, 0.15) is 5.82 Å². The van der Waals surface area contributed by atoms with Gasteiger partial charge in [-0.1, -0.05) is 23.7 Å². The van der Waals surface area contributed by atoms with Crippen LogP contribution in [0.2, 0.25) is 5.02 Å². The Labute approximate surface area is 153 Å². The SMILES string of the molecule is O=C(C1CCN(c2ccc3cccc(Cl)c3n2)CC1)N1CCCCC1. The quantitative estimate of drug-likeness (QED) is 0.811. The fraction of sp³-hybridized carbons (Fsp3) is 0.500. The lowest BCUT2D eigenvalue weighted by atomic mass is 9.94. The van der Waals surface area contributed by atoms with Gasteiger partial charge >= 0.3 is 0 Å². The second-order valence-corrected chi connectivity index (χ2v) is 7.54. The number of aromatic nitrogens is 1. The number of nitrogens with zero attached hydrogens (tertiary/aromatic N) is 3. The Kier molecular flexibility index (Phi) is 4.80. The van der Waals surface area contributed by atoms with E-state index in [0.717, 1.165) is 68.6 Å². The lowest BCUT2D eigenvalue weighted by Crippen LogP contribution is -2.44. The van der Waals surface area contributed by atoms with Crippen LogP contribution in [0.5, 0.6) is 0 Å². The minimum Gasteiger partial charge on any atom is -0.357 e. The zero-order valence-corrected chi connectivity index (χ0v) is 15.2. The van der Waals surface area contributed by atoms with Gasteiger partial charge in [-0.05, 0) is 50.3 Å². The first-order chi connectivity index (χ1) is 12.2. The molecule has 25 heavy (non-hydrogen) atoms. The van der Waals surface area contributed by atoms with Crippen LogP contribution < -0.4 is 4.90 Å². The first-order valence-electron chi connectivity index (χ1n) is 9.31. The van der Waals surface area contributed by atoms with Gasteiger partial charge in [0.25, 0.3) is 0 Å².